The number of phenolic OH excluding ortho intramolecular Hbond substituents is 1. The van der Waals surface area contributed by atoms with E-state index in [-0.39, 0.29) is 11.8 Å². The second kappa shape index (κ2) is 6.06. The molecule has 1 atom stereocenters. The number of hydrogen-bond donors (Lipinski definition) is 2. The topological polar surface area (TPSA) is 41.5 Å². The second-order valence-electron chi connectivity index (χ2n) is 4.78. The maximum absolute atomic E-state index is 9.43. The Hall–Kier alpha value is -1.87. The van der Waals surface area contributed by atoms with Gasteiger partial charge in [-0.25, -0.2) is 0 Å². The maximum atomic E-state index is 9.43. The van der Waals surface area contributed by atoms with Crippen molar-refractivity contribution in [2.24, 2.45) is 0 Å². The molecule has 0 radical (unpaired) electrons. The molecule has 4 heteroatoms. The summed E-state index contributed by atoms with van der Waals surface area (Å²) in [5, 5.41) is 13.1. The summed E-state index contributed by atoms with van der Waals surface area (Å²) < 4.78 is 5.40. The fraction of sp³-hybridized carbons (Fsp3) is 0.250. The van der Waals surface area contributed by atoms with Crippen molar-refractivity contribution in [3.8, 4) is 11.5 Å². The van der Waals surface area contributed by atoms with Gasteiger partial charge in [-0.15, -0.1) is 0 Å². The van der Waals surface area contributed by atoms with E-state index in [1.54, 1.807) is 25.3 Å². The van der Waals surface area contributed by atoms with Gasteiger partial charge in [0.2, 0.25) is 0 Å². The number of benzene rings is 2. The van der Waals surface area contributed by atoms with E-state index in [0.717, 1.165) is 17.0 Å². The van der Waals surface area contributed by atoms with Crippen molar-refractivity contribution in [3.63, 3.8) is 0 Å². The summed E-state index contributed by atoms with van der Waals surface area (Å²) in [7, 11) is 1.66. The average molecular weight is 292 g/mol. The molecule has 0 amide bonds. The van der Waals surface area contributed by atoms with Crippen LogP contribution in [-0.2, 0) is 0 Å². The van der Waals surface area contributed by atoms with E-state index in [1.807, 2.05) is 19.1 Å². The lowest BCUT2D eigenvalue weighted by atomic mass is 10.0. The smallest absolute Gasteiger partial charge is 0.134 e. The van der Waals surface area contributed by atoms with Gasteiger partial charge in [-0.05, 0) is 38.1 Å². The number of nitrogens with one attached hydrogen (secondary N) is 1. The molecule has 0 saturated carbocycles. The quantitative estimate of drug-likeness (QED) is 0.813. The molecule has 0 saturated heterocycles. The number of rotatable bonds is 4. The minimum Gasteiger partial charge on any atom is -0.506 e. The van der Waals surface area contributed by atoms with Crippen molar-refractivity contribution in [1.29, 1.82) is 0 Å². The number of ether oxygens (including phenoxy) is 1. The van der Waals surface area contributed by atoms with Crippen LogP contribution in [0.3, 0.4) is 0 Å². The molecule has 2 aromatic rings. The Morgan fingerprint density at radius 1 is 1.20 bits per heavy atom. The molecule has 0 spiro atoms. The van der Waals surface area contributed by atoms with E-state index in [2.05, 4.69) is 18.3 Å². The van der Waals surface area contributed by atoms with E-state index in [4.69, 9.17) is 16.3 Å². The van der Waals surface area contributed by atoms with Crippen LogP contribution in [0, 0.1) is 6.92 Å². The summed E-state index contributed by atoms with van der Waals surface area (Å²) in [4.78, 5) is 0. The van der Waals surface area contributed by atoms with Gasteiger partial charge in [0, 0.05) is 11.3 Å². The number of aromatic hydroxyl groups is 1. The van der Waals surface area contributed by atoms with Crippen molar-refractivity contribution >= 4 is 17.3 Å². The molecular weight excluding hydrogens is 274 g/mol. The predicted molar refractivity (Wildman–Crippen MR) is 82.9 cm³/mol. The molecule has 0 heterocycles. The Kier molecular flexibility index (Phi) is 4.40. The number of aryl methyl sites for hydroxylation is 1. The van der Waals surface area contributed by atoms with Crippen LogP contribution in [0.15, 0.2) is 36.4 Å². The number of halogens is 1. The monoisotopic (exact) mass is 291 g/mol. The molecule has 0 fully saturated rings. The summed E-state index contributed by atoms with van der Waals surface area (Å²) in [6, 6.07) is 11.2. The van der Waals surface area contributed by atoms with E-state index in [1.165, 1.54) is 5.56 Å². The second-order valence-corrected chi connectivity index (χ2v) is 5.18. The lowest BCUT2D eigenvalue weighted by molar-refractivity contribution is 0.408. The van der Waals surface area contributed by atoms with Crippen molar-refractivity contribution in [2.45, 2.75) is 19.9 Å². The molecule has 2 rings (SSSR count). The first-order valence-corrected chi connectivity index (χ1v) is 6.78. The summed E-state index contributed by atoms with van der Waals surface area (Å²) >= 11 is 5.91. The van der Waals surface area contributed by atoms with Crippen molar-refractivity contribution < 1.29 is 9.84 Å². The van der Waals surface area contributed by atoms with Crippen LogP contribution in [0.5, 0.6) is 11.5 Å². The van der Waals surface area contributed by atoms with Crippen LogP contribution in [0.1, 0.15) is 24.1 Å². The largest absolute Gasteiger partial charge is 0.506 e. The van der Waals surface area contributed by atoms with Crippen molar-refractivity contribution in [1.82, 2.24) is 0 Å². The Balaban J connectivity index is 2.25. The SMILES string of the molecule is COc1ccc(C)cc1C(C)Nc1ccc(O)c(Cl)c1. The third-order valence-corrected chi connectivity index (χ3v) is 3.49. The van der Waals surface area contributed by atoms with Gasteiger partial charge in [0.25, 0.3) is 0 Å². The van der Waals surface area contributed by atoms with Gasteiger partial charge in [0.1, 0.15) is 11.5 Å². The third-order valence-electron chi connectivity index (χ3n) is 3.18. The highest BCUT2D eigenvalue weighted by molar-refractivity contribution is 6.32. The van der Waals surface area contributed by atoms with Crippen molar-refractivity contribution in [2.75, 3.05) is 12.4 Å². The van der Waals surface area contributed by atoms with Crippen molar-refractivity contribution in [3.05, 3.63) is 52.5 Å². The van der Waals surface area contributed by atoms with Gasteiger partial charge < -0.3 is 15.2 Å². The number of phenols is 1. The molecular formula is C16H18ClNO2. The van der Waals surface area contributed by atoms with Gasteiger partial charge >= 0.3 is 0 Å². The number of methoxy groups -OCH3 is 1. The minimum atomic E-state index is 0.0606. The number of anilines is 1. The molecule has 0 aliphatic carbocycles. The molecule has 0 aromatic heterocycles. The molecule has 2 aromatic carbocycles. The van der Waals surface area contributed by atoms with Gasteiger partial charge in [-0.3, -0.25) is 0 Å². The van der Waals surface area contributed by atoms with Crippen LogP contribution < -0.4 is 10.1 Å². The summed E-state index contributed by atoms with van der Waals surface area (Å²) in [5.74, 6) is 0.929. The summed E-state index contributed by atoms with van der Waals surface area (Å²) in [6.07, 6.45) is 0. The van der Waals surface area contributed by atoms with Gasteiger partial charge in [0.15, 0.2) is 0 Å². The Morgan fingerprint density at radius 2 is 1.95 bits per heavy atom. The minimum absolute atomic E-state index is 0.0606. The Morgan fingerprint density at radius 3 is 2.60 bits per heavy atom. The highest BCUT2D eigenvalue weighted by Crippen LogP contribution is 2.31. The Labute approximate surface area is 124 Å². The Bertz CT molecular complexity index is 613. The van der Waals surface area contributed by atoms with Crippen LogP contribution in [-0.4, -0.2) is 12.2 Å². The first-order valence-electron chi connectivity index (χ1n) is 6.41. The first kappa shape index (κ1) is 14.5. The molecule has 106 valence electrons. The first-order chi connectivity index (χ1) is 9.51. The molecule has 3 nitrogen and oxygen atoms in total. The van der Waals surface area contributed by atoms with Gasteiger partial charge in [-0.2, -0.15) is 0 Å². The highest BCUT2D eigenvalue weighted by Gasteiger charge is 2.12. The van der Waals surface area contributed by atoms with E-state index < -0.39 is 0 Å². The average Bonchev–Trinajstić information content (AvgIpc) is 2.43. The number of hydrogen-bond acceptors (Lipinski definition) is 3. The fourth-order valence-corrected chi connectivity index (χ4v) is 2.30. The van der Waals surface area contributed by atoms with E-state index in [0.29, 0.717) is 5.02 Å². The van der Waals surface area contributed by atoms with Crippen LogP contribution in [0.25, 0.3) is 0 Å². The summed E-state index contributed by atoms with van der Waals surface area (Å²) in [5.41, 5.74) is 3.11. The zero-order valence-electron chi connectivity index (χ0n) is 11.8. The molecule has 0 bridgehead atoms. The van der Waals surface area contributed by atoms with Crippen LogP contribution >= 0.6 is 11.6 Å². The standard InChI is InChI=1S/C16H18ClNO2/c1-10-4-7-16(20-3)13(8-10)11(2)18-12-5-6-15(19)14(17)9-12/h4-9,11,18-19H,1-3H3. The predicted octanol–water partition coefficient (Wildman–Crippen LogP) is 4.54. The van der Waals surface area contributed by atoms with Gasteiger partial charge in [-0.1, -0.05) is 29.3 Å². The lowest BCUT2D eigenvalue weighted by Crippen LogP contribution is -2.08. The van der Waals surface area contributed by atoms with Gasteiger partial charge in [0.05, 0.1) is 18.2 Å². The van der Waals surface area contributed by atoms with Crippen LogP contribution in [0.2, 0.25) is 5.02 Å². The highest BCUT2D eigenvalue weighted by atomic mass is 35.5. The zero-order valence-corrected chi connectivity index (χ0v) is 12.5. The zero-order chi connectivity index (χ0) is 14.7. The molecule has 2 N–H and O–H groups in total. The molecule has 1 unspecified atom stereocenters. The fourth-order valence-electron chi connectivity index (χ4n) is 2.12. The molecule has 0 aliphatic rings. The van der Waals surface area contributed by atoms with Crippen LogP contribution in [0.4, 0.5) is 5.69 Å². The molecule has 20 heavy (non-hydrogen) atoms. The summed E-state index contributed by atoms with van der Waals surface area (Å²) in [6.45, 7) is 4.10. The van der Waals surface area contributed by atoms with E-state index >= 15 is 0 Å². The van der Waals surface area contributed by atoms with E-state index in [9.17, 15) is 5.11 Å². The normalized spacial score (nSPS) is 12.0. The third kappa shape index (κ3) is 3.17. The lowest BCUT2D eigenvalue weighted by Gasteiger charge is -2.19. The maximum Gasteiger partial charge on any atom is 0.134 e. The molecule has 0 aliphatic heterocycles.